The number of aromatic nitrogens is 2. The summed E-state index contributed by atoms with van der Waals surface area (Å²) in [6.45, 7) is 7.01. The highest BCUT2D eigenvalue weighted by molar-refractivity contribution is 5.85. The zero-order valence-electron chi connectivity index (χ0n) is 7.58. The van der Waals surface area contributed by atoms with Crippen molar-refractivity contribution >= 4 is 12.4 Å². The van der Waals surface area contributed by atoms with Crippen LogP contribution in [-0.4, -0.2) is 16.3 Å². The van der Waals surface area contributed by atoms with Crippen LogP contribution in [0.5, 0.6) is 0 Å². The Kier molecular flexibility index (Phi) is 5.76. The monoisotopic (exact) mass is 189 g/mol. The summed E-state index contributed by atoms with van der Waals surface area (Å²) in [7, 11) is 0. The van der Waals surface area contributed by atoms with Gasteiger partial charge in [-0.3, -0.25) is 4.68 Å². The third-order valence-electron chi connectivity index (χ3n) is 1.58. The summed E-state index contributed by atoms with van der Waals surface area (Å²) in [5.74, 6) is 0. The van der Waals surface area contributed by atoms with Crippen molar-refractivity contribution in [2.45, 2.75) is 26.9 Å². The number of hydrogen-bond acceptors (Lipinski definition) is 2. The van der Waals surface area contributed by atoms with Gasteiger partial charge in [0.05, 0.1) is 5.69 Å². The summed E-state index contributed by atoms with van der Waals surface area (Å²) in [4.78, 5) is 0. The molecular formula is C8H16ClN3. The highest BCUT2D eigenvalue weighted by Crippen LogP contribution is 1.93. The minimum Gasteiger partial charge on any atom is -0.311 e. The molecule has 0 radical (unpaired) electrons. The molecule has 1 aromatic heterocycles. The molecule has 0 atom stereocenters. The molecule has 0 bridgehead atoms. The van der Waals surface area contributed by atoms with Crippen LogP contribution in [0.3, 0.4) is 0 Å². The molecule has 0 aliphatic carbocycles. The van der Waals surface area contributed by atoms with E-state index in [-0.39, 0.29) is 12.4 Å². The highest BCUT2D eigenvalue weighted by Gasteiger charge is 1.94. The van der Waals surface area contributed by atoms with Crippen LogP contribution in [-0.2, 0) is 13.1 Å². The normalized spacial score (nSPS) is 9.50. The molecule has 0 aromatic carbocycles. The van der Waals surface area contributed by atoms with Crippen molar-refractivity contribution in [3.05, 3.63) is 18.0 Å². The van der Waals surface area contributed by atoms with Crippen molar-refractivity contribution in [3.63, 3.8) is 0 Å². The summed E-state index contributed by atoms with van der Waals surface area (Å²) in [6, 6.07) is 2.05. The van der Waals surface area contributed by atoms with Gasteiger partial charge in [0, 0.05) is 19.3 Å². The Hall–Kier alpha value is -0.540. The lowest BCUT2D eigenvalue weighted by Crippen LogP contribution is -2.12. The molecule has 0 unspecified atom stereocenters. The van der Waals surface area contributed by atoms with E-state index in [0.717, 1.165) is 25.3 Å². The van der Waals surface area contributed by atoms with Gasteiger partial charge in [-0.25, -0.2) is 0 Å². The Labute approximate surface area is 79.6 Å². The fourth-order valence-electron chi connectivity index (χ4n) is 0.927. The quantitative estimate of drug-likeness (QED) is 0.777. The summed E-state index contributed by atoms with van der Waals surface area (Å²) in [6.07, 6.45) is 2.01. The van der Waals surface area contributed by atoms with Gasteiger partial charge in [0.2, 0.25) is 0 Å². The third kappa shape index (κ3) is 3.24. The van der Waals surface area contributed by atoms with Crippen LogP contribution in [0, 0.1) is 0 Å². The second kappa shape index (κ2) is 6.03. The van der Waals surface area contributed by atoms with Gasteiger partial charge in [-0.1, -0.05) is 6.92 Å². The maximum Gasteiger partial charge on any atom is 0.0762 e. The Balaban J connectivity index is 0.00000121. The molecule has 1 N–H and O–H groups in total. The second-order valence-electron chi connectivity index (χ2n) is 2.44. The largest absolute Gasteiger partial charge is 0.311 e. The van der Waals surface area contributed by atoms with Crippen LogP contribution in [0.4, 0.5) is 0 Å². The average molecular weight is 190 g/mol. The average Bonchev–Trinajstić information content (AvgIpc) is 2.48. The molecule has 1 aromatic rings. The molecule has 3 nitrogen and oxygen atoms in total. The van der Waals surface area contributed by atoms with Gasteiger partial charge >= 0.3 is 0 Å². The molecule has 0 fully saturated rings. The highest BCUT2D eigenvalue weighted by atomic mass is 35.5. The van der Waals surface area contributed by atoms with Crippen molar-refractivity contribution in [1.29, 1.82) is 0 Å². The molecule has 1 rings (SSSR count). The minimum absolute atomic E-state index is 0. The molecule has 4 heteroatoms. The molecule has 12 heavy (non-hydrogen) atoms. The van der Waals surface area contributed by atoms with E-state index >= 15 is 0 Å². The van der Waals surface area contributed by atoms with Crippen LogP contribution < -0.4 is 5.32 Å². The predicted octanol–water partition coefficient (Wildman–Crippen LogP) is 1.43. The molecule has 0 saturated carbocycles. The summed E-state index contributed by atoms with van der Waals surface area (Å²) in [5.41, 5.74) is 1.12. The van der Waals surface area contributed by atoms with Gasteiger partial charge in [-0.2, -0.15) is 5.10 Å². The molecule has 0 amide bonds. The SMILES string of the molecule is CCNCc1ccn(CC)n1.Cl. The van der Waals surface area contributed by atoms with Gasteiger partial charge in [0.1, 0.15) is 0 Å². The fourth-order valence-corrected chi connectivity index (χ4v) is 0.927. The van der Waals surface area contributed by atoms with Crippen molar-refractivity contribution in [3.8, 4) is 0 Å². The Morgan fingerprint density at radius 1 is 1.50 bits per heavy atom. The van der Waals surface area contributed by atoms with E-state index in [1.807, 2.05) is 16.9 Å². The van der Waals surface area contributed by atoms with E-state index < -0.39 is 0 Å². The minimum atomic E-state index is 0. The van der Waals surface area contributed by atoms with E-state index in [4.69, 9.17) is 0 Å². The van der Waals surface area contributed by atoms with E-state index in [1.54, 1.807) is 0 Å². The standard InChI is InChI=1S/C8H15N3.ClH/c1-3-9-7-8-5-6-11(4-2)10-8;/h5-6,9H,3-4,7H2,1-2H3;1H. The van der Waals surface area contributed by atoms with Crippen LogP contribution in [0.2, 0.25) is 0 Å². The number of hydrogen-bond donors (Lipinski definition) is 1. The van der Waals surface area contributed by atoms with Crippen LogP contribution in [0.15, 0.2) is 12.3 Å². The second-order valence-corrected chi connectivity index (χ2v) is 2.44. The fraction of sp³-hybridized carbons (Fsp3) is 0.625. The lowest BCUT2D eigenvalue weighted by Gasteiger charge is -1.96. The molecule has 70 valence electrons. The van der Waals surface area contributed by atoms with E-state index in [0.29, 0.717) is 0 Å². The smallest absolute Gasteiger partial charge is 0.0762 e. The summed E-state index contributed by atoms with van der Waals surface area (Å²) < 4.78 is 1.94. The van der Waals surface area contributed by atoms with Gasteiger partial charge in [0.25, 0.3) is 0 Å². The molecule has 0 saturated heterocycles. The Morgan fingerprint density at radius 3 is 2.75 bits per heavy atom. The van der Waals surface area contributed by atoms with Gasteiger partial charge in [0.15, 0.2) is 0 Å². The van der Waals surface area contributed by atoms with Crippen LogP contribution >= 0.6 is 12.4 Å². The van der Waals surface area contributed by atoms with Crippen molar-refractivity contribution in [2.24, 2.45) is 0 Å². The lowest BCUT2D eigenvalue weighted by atomic mass is 10.4. The van der Waals surface area contributed by atoms with Crippen molar-refractivity contribution in [1.82, 2.24) is 15.1 Å². The lowest BCUT2D eigenvalue weighted by molar-refractivity contribution is 0.627. The zero-order valence-corrected chi connectivity index (χ0v) is 8.40. The topological polar surface area (TPSA) is 29.9 Å². The molecule has 1 heterocycles. The predicted molar refractivity (Wildman–Crippen MR) is 52.5 cm³/mol. The molecular weight excluding hydrogens is 174 g/mol. The zero-order chi connectivity index (χ0) is 8.10. The van der Waals surface area contributed by atoms with Gasteiger partial charge < -0.3 is 5.32 Å². The summed E-state index contributed by atoms with van der Waals surface area (Å²) in [5, 5.41) is 7.55. The number of rotatable bonds is 4. The number of halogens is 1. The van der Waals surface area contributed by atoms with E-state index in [9.17, 15) is 0 Å². The van der Waals surface area contributed by atoms with Gasteiger partial charge in [-0.15, -0.1) is 12.4 Å². The number of nitrogens with one attached hydrogen (secondary N) is 1. The Bertz CT molecular complexity index is 210. The first-order chi connectivity index (χ1) is 5.36. The van der Waals surface area contributed by atoms with Crippen molar-refractivity contribution in [2.75, 3.05) is 6.54 Å². The van der Waals surface area contributed by atoms with Crippen molar-refractivity contribution < 1.29 is 0 Å². The number of aryl methyl sites for hydroxylation is 1. The van der Waals surface area contributed by atoms with E-state index in [1.165, 1.54) is 0 Å². The van der Waals surface area contributed by atoms with Crippen LogP contribution in [0.25, 0.3) is 0 Å². The summed E-state index contributed by atoms with van der Waals surface area (Å²) >= 11 is 0. The molecule has 0 aliphatic rings. The maximum atomic E-state index is 4.32. The third-order valence-corrected chi connectivity index (χ3v) is 1.58. The van der Waals surface area contributed by atoms with Gasteiger partial charge in [-0.05, 0) is 19.5 Å². The van der Waals surface area contributed by atoms with E-state index in [2.05, 4.69) is 24.3 Å². The first-order valence-electron chi connectivity index (χ1n) is 4.09. The first-order valence-corrected chi connectivity index (χ1v) is 4.09. The maximum absolute atomic E-state index is 4.32. The molecule has 0 spiro atoms. The van der Waals surface area contributed by atoms with Crippen LogP contribution in [0.1, 0.15) is 19.5 Å². The number of nitrogens with zero attached hydrogens (tertiary/aromatic N) is 2. The molecule has 0 aliphatic heterocycles. The first kappa shape index (κ1) is 11.5. The Morgan fingerprint density at radius 2 is 2.25 bits per heavy atom.